The van der Waals surface area contributed by atoms with E-state index in [2.05, 4.69) is 0 Å². The minimum atomic E-state index is -4.02. The van der Waals surface area contributed by atoms with E-state index in [-0.39, 0.29) is 33.8 Å². The van der Waals surface area contributed by atoms with Gasteiger partial charge in [0.25, 0.3) is 10.0 Å². The highest BCUT2D eigenvalue weighted by Crippen LogP contribution is 2.40. The number of rotatable bonds is 5. The Labute approximate surface area is 156 Å². The Morgan fingerprint density at radius 1 is 1.15 bits per heavy atom. The van der Waals surface area contributed by atoms with E-state index in [1.807, 2.05) is 6.92 Å². The molecular weight excluding hydrogens is 370 g/mol. The summed E-state index contributed by atoms with van der Waals surface area (Å²) in [5, 5.41) is 21.6. The molecule has 0 saturated heterocycles. The lowest BCUT2D eigenvalue weighted by atomic mass is 10.1. The standard InChI is InChI=1S/C19H19NO6S/c1-4-26-18-12(3)20(27(24,25)13-7-5-11(2)6-8-13)14-9-10-15(21)17(16(14)18)19(22)23/h5-10,21H,4H2,1-3H3,(H,22,23)/p-1. The van der Waals surface area contributed by atoms with Crippen LogP contribution < -0.4 is 9.84 Å². The van der Waals surface area contributed by atoms with E-state index in [9.17, 15) is 23.4 Å². The largest absolute Gasteiger partial charge is 0.872 e. The summed E-state index contributed by atoms with van der Waals surface area (Å²) in [5.41, 5.74) is 0.702. The van der Waals surface area contributed by atoms with Crippen molar-refractivity contribution in [3.63, 3.8) is 0 Å². The molecule has 0 saturated carbocycles. The van der Waals surface area contributed by atoms with Crippen LogP contribution in [0.15, 0.2) is 41.3 Å². The van der Waals surface area contributed by atoms with Crippen molar-refractivity contribution in [1.82, 2.24) is 3.97 Å². The Balaban J connectivity index is 2.44. The first kappa shape index (κ1) is 18.8. The first-order valence-corrected chi connectivity index (χ1v) is 9.67. The van der Waals surface area contributed by atoms with Crippen LogP contribution in [0.2, 0.25) is 0 Å². The summed E-state index contributed by atoms with van der Waals surface area (Å²) >= 11 is 0. The molecule has 1 aromatic heterocycles. The Hall–Kier alpha value is -3.00. The molecule has 0 bridgehead atoms. The van der Waals surface area contributed by atoms with Crippen LogP contribution in [0.4, 0.5) is 0 Å². The lowest BCUT2D eigenvalue weighted by Gasteiger charge is -2.13. The molecule has 0 amide bonds. The summed E-state index contributed by atoms with van der Waals surface area (Å²) in [6.45, 7) is 5.24. The van der Waals surface area contributed by atoms with Gasteiger partial charge in [0, 0.05) is 0 Å². The fourth-order valence-corrected chi connectivity index (χ4v) is 4.63. The molecule has 27 heavy (non-hydrogen) atoms. The number of carbonyl (C=O) groups is 1. The summed E-state index contributed by atoms with van der Waals surface area (Å²) in [4.78, 5) is 11.7. The van der Waals surface area contributed by atoms with Crippen molar-refractivity contribution < 1.29 is 28.2 Å². The van der Waals surface area contributed by atoms with E-state index in [0.717, 1.165) is 15.6 Å². The van der Waals surface area contributed by atoms with Crippen molar-refractivity contribution in [3.05, 3.63) is 53.2 Å². The monoisotopic (exact) mass is 388 g/mol. The van der Waals surface area contributed by atoms with Crippen molar-refractivity contribution in [3.8, 4) is 11.5 Å². The van der Waals surface area contributed by atoms with Crippen LogP contribution in [0.25, 0.3) is 10.9 Å². The number of nitrogens with zero attached hydrogens (tertiary/aromatic N) is 1. The minimum absolute atomic E-state index is 0.00923. The number of carboxylic acid groups (broad SMARTS) is 1. The van der Waals surface area contributed by atoms with Crippen LogP contribution >= 0.6 is 0 Å². The third-order valence-corrected chi connectivity index (χ3v) is 6.11. The minimum Gasteiger partial charge on any atom is -0.872 e. The molecule has 3 aromatic rings. The van der Waals surface area contributed by atoms with Crippen LogP contribution in [-0.2, 0) is 10.0 Å². The fourth-order valence-electron chi connectivity index (χ4n) is 3.08. The highest BCUT2D eigenvalue weighted by atomic mass is 32.2. The molecule has 0 spiro atoms. The first-order chi connectivity index (χ1) is 12.7. The Morgan fingerprint density at radius 3 is 2.33 bits per heavy atom. The maximum atomic E-state index is 13.2. The number of aryl methyl sites for hydroxylation is 1. The predicted molar refractivity (Wildman–Crippen MR) is 98.0 cm³/mol. The SMILES string of the molecule is CCOc1c(C)n(S(=O)(=O)c2ccc(C)cc2)c2ccc([O-])c(C(=O)O)c12. The zero-order valence-corrected chi connectivity index (χ0v) is 15.8. The van der Waals surface area contributed by atoms with Crippen LogP contribution in [-0.4, -0.2) is 30.1 Å². The third kappa shape index (κ3) is 2.91. The summed E-state index contributed by atoms with van der Waals surface area (Å²) in [5.74, 6) is -2.06. The molecule has 142 valence electrons. The van der Waals surface area contributed by atoms with Gasteiger partial charge < -0.3 is 14.9 Å². The van der Waals surface area contributed by atoms with Crippen molar-refractivity contribution >= 4 is 26.9 Å². The Bertz CT molecular complexity index is 1140. The molecule has 0 unspecified atom stereocenters. The zero-order valence-electron chi connectivity index (χ0n) is 15.0. The van der Waals surface area contributed by atoms with Crippen molar-refractivity contribution in [2.24, 2.45) is 0 Å². The summed E-state index contributed by atoms with van der Waals surface area (Å²) in [6.07, 6.45) is 0. The Kier molecular flexibility index (Phi) is 4.61. The first-order valence-electron chi connectivity index (χ1n) is 8.23. The van der Waals surface area contributed by atoms with Gasteiger partial charge in [0.05, 0.1) is 33.7 Å². The maximum Gasteiger partial charge on any atom is 0.335 e. The van der Waals surface area contributed by atoms with Crippen LogP contribution in [0, 0.1) is 13.8 Å². The second-order valence-electron chi connectivity index (χ2n) is 6.07. The molecule has 8 heteroatoms. The maximum absolute atomic E-state index is 13.2. The van der Waals surface area contributed by atoms with E-state index in [4.69, 9.17) is 4.74 Å². The quantitative estimate of drug-likeness (QED) is 0.720. The number of hydrogen-bond donors (Lipinski definition) is 1. The number of fused-ring (bicyclic) bond motifs is 1. The molecular formula is C19H18NO6S-. The summed E-state index contributed by atoms with van der Waals surface area (Å²) < 4.78 is 33.1. The lowest BCUT2D eigenvalue weighted by molar-refractivity contribution is -0.268. The number of aromatic carboxylic acids is 1. The van der Waals surface area contributed by atoms with Gasteiger partial charge in [-0.3, -0.25) is 0 Å². The molecule has 0 radical (unpaired) electrons. The molecule has 2 aromatic carbocycles. The Morgan fingerprint density at radius 2 is 1.78 bits per heavy atom. The molecule has 0 aliphatic heterocycles. The van der Waals surface area contributed by atoms with Gasteiger partial charge in [-0.1, -0.05) is 29.5 Å². The summed E-state index contributed by atoms with van der Waals surface area (Å²) in [6, 6.07) is 8.69. The van der Waals surface area contributed by atoms with Crippen molar-refractivity contribution in [2.75, 3.05) is 6.61 Å². The van der Waals surface area contributed by atoms with Crippen molar-refractivity contribution in [2.45, 2.75) is 25.7 Å². The number of hydrogen-bond acceptors (Lipinski definition) is 5. The average molecular weight is 388 g/mol. The number of benzene rings is 2. The fraction of sp³-hybridized carbons (Fsp3) is 0.211. The van der Waals surface area contributed by atoms with Gasteiger partial charge in [-0.25, -0.2) is 17.2 Å². The molecule has 3 rings (SSSR count). The van der Waals surface area contributed by atoms with Crippen LogP contribution in [0.5, 0.6) is 11.5 Å². The van der Waals surface area contributed by atoms with Gasteiger partial charge in [0.15, 0.2) is 0 Å². The van der Waals surface area contributed by atoms with E-state index in [1.54, 1.807) is 19.1 Å². The van der Waals surface area contributed by atoms with Crippen LogP contribution in [0.3, 0.4) is 0 Å². The normalized spacial score (nSPS) is 11.7. The summed E-state index contributed by atoms with van der Waals surface area (Å²) in [7, 11) is -4.02. The second kappa shape index (κ2) is 6.62. The van der Waals surface area contributed by atoms with E-state index >= 15 is 0 Å². The van der Waals surface area contributed by atoms with Gasteiger partial charge in [-0.15, -0.1) is 0 Å². The highest BCUT2D eigenvalue weighted by molar-refractivity contribution is 7.90. The predicted octanol–water partition coefficient (Wildman–Crippen LogP) is 2.67. The van der Waals surface area contributed by atoms with Gasteiger partial charge in [-0.2, -0.15) is 0 Å². The second-order valence-corrected chi connectivity index (χ2v) is 7.85. The van der Waals surface area contributed by atoms with E-state index in [0.29, 0.717) is 0 Å². The van der Waals surface area contributed by atoms with E-state index in [1.165, 1.54) is 25.1 Å². The molecule has 1 N–H and O–H groups in total. The van der Waals surface area contributed by atoms with E-state index < -0.39 is 27.3 Å². The number of ether oxygens (including phenoxy) is 1. The topological polar surface area (TPSA) is 109 Å². The highest BCUT2D eigenvalue weighted by Gasteiger charge is 2.28. The smallest absolute Gasteiger partial charge is 0.335 e. The third-order valence-electron chi connectivity index (χ3n) is 4.29. The molecule has 0 atom stereocenters. The molecule has 0 fully saturated rings. The van der Waals surface area contributed by atoms with Gasteiger partial charge in [-0.05, 0) is 39.0 Å². The number of carboxylic acids is 1. The molecule has 0 aliphatic carbocycles. The van der Waals surface area contributed by atoms with Crippen molar-refractivity contribution in [1.29, 1.82) is 0 Å². The van der Waals surface area contributed by atoms with Gasteiger partial charge in [0.1, 0.15) is 5.75 Å². The number of aromatic nitrogens is 1. The van der Waals surface area contributed by atoms with Gasteiger partial charge in [0.2, 0.25) is 0 Å². The molecule has 1 heterocycles. The zero-order chi connectivity index (χ0) is 19.9. The molecule has 0 aliphatic rings. The van der Waals surface area contributed by atoms with Crippen LogP contribution in [0.1, 0.15) is 28.5 Å². The lowest BCUT2D eigenvalue weighted by Crippen LogP contribution is -2.14. The van der Waals surface area contributed by atoms with Gasteiger partial charge >= 0.3 is 5.97 Å². The average Bonchev–Trinajstić information content (AvgIpc) is 2.88. The molecule has 7 nitrogen and oxygen atoms in total.